The van der Waals surface area contributed by atoms with Crippen LogP contribution in [0.3, 0.4) is 0 Å². The second-order valence-corrected chi connectivity index (χ2v) is 3.70. The van der Waals surface area contributed by atoms with Crippen molar-refractivity contribution in [1.29, 1.82) is 0 Å². The first-order valence-electron chi connectivity index (χ1n) is 5.33. The maximum Gasteiger partial charge on any atom is 0.221 e. The Kier molecular flexibility index (Phi) is 4.83. The topological polar surface area (TPSA) is 41.1 Å². The van der Waals surface area contributed by atoms with Crippen LogP contribution < -0.4 is 10.6 Å². The number of unbranched alkanes of at least 4 members (excludes halogenated alkanes) is 1. The van der Waals surface area contributed by atoms with Crippen molar-refractivity contribution in [3.8, 4) is 0 Å². The smallest absolute Gasteiger partial charge is 0.221 e. The molecule has 0 radical (unpaired) electrons. The predicted molar refractivity (Wildman–Crippen MR) is 53.6 cm³/mol. The fourth-order valence-electron chi connectivity index (χ4n) is 1.63. The van der Waals surface area contributed by atoms with E-state index in [4.69, 9.17) is 0 Å². The number of hydrogen-bond donors (Lipinski definition) is 2. The Morgan fingerprint density at radius 2 is 2.46 bits per heavy atom. The molecule has 1 atom stereocenters. The molecule has 1 rings (SSSR count). The molecule has 1 heterocycles. The second kappa shape index (κ2) is 5.97. The van der Waals surface area contributed by atoms with Crippen LogP contribution in [0, 0.1) is 0 Å². The highest BCUT2D eigenvalue weighted by Gasteiger charge is 2.16. The fraction of sp³-hybridized carbons (Fsp3) is 0.900. The molecule has 3 nitrogen and oxygen atoms in total. The predicted octanol–water partition coefficient (Wildman–Crippen LogP) is 1.04. The Morgan fingerprint density at radius 1 is 1.62 bits per heavy atom. The summed E-state index contributed by atoms with van der Waals surface area (Å²) in [6.07, 6.45) is 5.25. The largest absolute Gasteiger partial charge is 0.356 e. The van der Waals surface area contributed by atoms with E-state index in [1.165, 1.54) is 6.42 Å². The number of amides is 1. The molecule has 0 aromatic heterocycles. The fourth-order valence-corrected chi connectivity index (χ4v) is 1.63. The van der Waals surface area contributed by atoms with E-state index in [0.717, 1.165) is 32.4 Å². The lowest BCUT2D eigenvalue weighted by atomic mass is 10.1. The minimum Gasteiger partial charge on any atom is -0.356 e. The number of hydrogen-bond acceptors (Lipinski definition) is 2. The number of nitrogens with one attached hydrogen (secondary N) is 2. The van der Waals surface area contributed by atoms with Crippen LogP contribution in [0.5, 0.6) is 0 Å². The molecule has 0 spiro atoms. The van der Waals surface area contributed by atoms with Gasteiger partial charge in [0, 0.05) is 19.0 Å². The van der Waals surface area contributed by atoms with E-state index in [2.05, 4.69) is 17.6 Å². The molecule has 1 saturated heterocycles. The van der Waals surface area contributed by atoms with Gasteiger partial charge in [-0.05, 0) is 25.8 Å². The van der Waals surface area contributed by atoms with Gasteiger partial charge in [0.15, 0.2) is 0 Å². The Hall–Kier alpha value is -0.570. The SMILES string of the molecule is CCCCNC(=O)CC1CCCN1. The third-order valence-electron chi connectivity index (χ3n) is 2.45. The van der Waals surface area contributed by atoms with Crippen LogP contribution in [0.1, 0.15) is 39.0 Å². The van der Waals surface area contributed by atoms with Gasteiger partial charge in [0.2, 0.25) is 5.91 Å². The summed E-state index contributed by atoms with van der Waals surface area (Å²) < 4.78 is 0. The summed E-state index contributed by atoms with van der Waals surface area (Å²) in [6.45, 7) is 4.04. The first-order chi connectivity index (χ1) is 6.33. The Morgan fingerprint density at radius 3 is 3.08 bits per heavy atom. The Balaban J connectivity index is 2.02. The summed E-state index contributed by atoms with van der Waals surface area (Å²) in [4.78, 5) is 11.3. The monoisotopic (exact) mass is 184 g/mol. The Bertz CT molecular complexity index is 153. The van der Waals surface area contributed by atoms with Gasteiger partial charge in [-0.15, -0.1) is 0 Å². The zero-order chi connectivity index (χ0) is 9.52. The number of carbonyl (C=O) groups is 1. The van der Waals surface area contributed by atoms with E-state index in [1.54, 1.807) is 0 Å². The average Bonchev–Trinajstić information content (AvgIpc) is 2.57. The molecule has 76 valence electrons. The van der Waals surface area contributed by atoms with Crippen molar-refractivity contribution in [3.05, 3.63) is 0 Å². The minimum atomic E-state index is 0.202. The summed E-state index contributed by atoms with van der Waals surface area (Å²) in [5.74, 6) is 0.202. The van der Waals surface area contributed by atoms with Crippen molar-refractivity contribution >= 4 is 5.91 Å². The maximum absolute atomic E-state index is 11.3. The normalized spacial score (nSPS) is 21.8. The molecule has 0 aliphatic carbocycles. The average molecular weight is 184 g/mol. The summed E-state index contributed by atoms with van der Waals surface area (Å²) in [7, 11) is 0. The molecule has 13 heavy (non-hydrogen) atoms. The van der Waals surface area contributed by atoms with Crippen LogP contribution in [-0.4, -0.2) is 25.0 Å². The van der Waals surface area contributed by atoms with Crippen LogP contribution in [0.2, 0.25) is 0 Å². The third kappa shape index (κ3) is 4.27. The highest BCUT2D eigenvalue weighted by Crippen LogP contribution is 2.07. The van der Waals surface area contributed by atoms with Gasteiger partial charge in [0.25, 0.3) is 0 Å². The molecule has 1 aliphatic heterocycles. The quantitative estimate of drug-likeness (QED) is 0.627. The van der Waals surface area contributed by atoms with E-state index in [9.17, 15) is 4.79 Å². The van der Waals surface area contributed by atoms with Crippen LogP contribution in [0.4, 0.5) is 0 Å². The summed E-state index contributed by atoms with van der Waals surface area (Å²) >= 11 is 0. The number of rotatable bonds is 5. The zero-order valence-electron chi connectivity index (χ0n) is 8.44. The molecule has 0 aromatic rings. The van der Waals surface area contributed by atoms with Crippen LogP contribution >= 0.6 is 0 Å². The van der Waals surface area contributed by atoms with Crippen LogP contribution in [0.25, 0.3) is 0 Å². The Labute approximate surface area is 80.3 Å². The van der Waals surface area contributed by atoms with Crippen LogP contribution in [-0.2, 0) is 4.79 Å². The third-order valence-corrected chi connectivity index (χ3v) is 2.45. The highest BCUT2D eigenvalue weighted by atomic mass is 16.1. The standard InChI is InChI=1S/C10H20N2O/c1-2-3-6-12-10(13)8-9-5-4-7-11-9/h9,11H,2-8H2,1H3,(H,12,13). The minimum absolute atomic E-state index is 0.202. The van der Waals surface area contributed by atoms with Crippen LogP contribution in [0.15, 0.2) is 0 Å². The van der Waals surface area contributed by atoms with Crippen molar-refractivity contribution in [2.45, 2.75) is 45.1 Å². The van der Waals surface area contributed by atoms with Crippen molar-refractivity contribution in [2.75, 3.05) is 13.1 Å². The van der Waals surface area contributed by atoms with Gasteiger partial charge in [-0.25, -0.2) is 0 Å². The van der Waals surface area contributed by atoms with E-state index < -0.39 is 0 Å². The van der Waals surface area contributed by atoms with Crippen molar-refractivity contribution in [1.82, 2.24) is 10.6 Å². The molecule has 1 amide bonds. The first kappa shape index (κ1) is 10.5. The van der Waals surface area contributed by atoms with E-state index in [1.807, 2.05) is 0 Å². The molecule has 0 saturated carbocycles. The van der Waals surface area contributed by atoms with Gasteiger partial charge in [-0.3, -0.25) is 4.79 Å². The second-order valence-electron chi connectivity index (χ2n) is 3.70. The van der Waals surface area contributed by atoms with Crippen molar-refractivity contribution in [2.24, 2.45) is 0 Å². The molecule has 1 aliphatic rings. The molecule has 0 bridgehead atoms. The molecule has 1 fully saturated rings. The molecule has 0 aromatic carbocycles. The molecular formula is C10H20N2O. The highest BCUT2D eigenvalue weighted by molar-refractivity contribution is 5.76. The van der Waals surface area contributed by atoms with Crippen molar-refractivity contribution in [3.63, 3.8) is 0 Å². The van der Waals surface area contributed by atoms with Gasteiger partial charge in [0.1, 0.15) is 0 Å². The van der Waals surface area contributed by atoms with Gasteiger partial charge >= 0.3 is 0 Å². The number of carbonyl (C=O) groups excluding carboxylic acids is 1. The first-order valence-corrected chi connectivity index (χ1v) is 5.33. The van der Waals surface area contributed by atoms with Gasteiger partial charge in [0.05, 0.1) is 0 Å². The molecule has 2 N–H and O–H groups in total. The molecular weight excluding hydrogens is 164 g/mol. The molecule has 3 heteroatoms. The van der Waals surface area contributed by atoms with E-state index in [-0.39, 0.29) is 5.91 Å². The molecule has 1 unspecified atom stereocenters. The lowest BCUT2D eigenvalue weighted by molar-refractivity contribution is -0.121. The lowest BCUT2D eigenvalue weighted by Gasteiger charge is -2.09. The summed E-state index contributed by atoms with van der Waals surface area (Å²) in [5.41, 5.74) is 0. The van der Waals surface area contributed by atoms with E-state index >= 15 is 0 Å². The van der Waals surface area contributed by atoms with E-state index in [0.29, 0.717) is 12.5 Å². The summed E-state index contributed by atoms with van der Waals surface area (Å²) in [6, 6.07) is 0.432. The van der Waals surface area contributed by atoms with Gasteiger partial charge < -0.3 is 10.6 Å². The lowest BCUT2D eigenvalue weighted by Crippen LogP contribution is -2.32. The summed E-state index contributed by atoms with van der Waals surface area (Å²) in [5, 5.41) is 6.25. The van der Waals surface area contributed by atoms with Crippen molar-refractivity contribution < 1.29 is 4.79 Å². The van der Waals surface area contributed by atoms with Gasteiger partial charge in [-0.1, -0.05) is 13.3 Å². The van der Waals surface area contributed by atoms with Gasteiger partial charge in [-0.2, -0.15) is 0 Å². The zero-order valence-corrected chi connectivity index (χ0v) is 8.44. The maximum atomic E-state index is 11.3.